The molecule has 5 nitrogen and oxygen atoms in total. The molecule has 0 aromatic heterocycles. The van der Waals surface area contributed by atoms with Gasteiger partial charge in [0.25, 0.3) is 0 Å². The van der Waals surface area contributed by atoms with Gasteiger partial charge in [-0.3, -0.25) is 9.69 Å². The Morgan fingerprint density at radius 2 is 1.95 bits per heavy atom. The third-order valence-corrected chi connectivity index (χ3v) is 3.15. The number of morpholine rings is 1. The van der Waals surface area contributed by atoms with Gasteiger partial charge in [-0.15, -0.1) is 0 Å². The first-order valence-electron chi connectivity index (χ1n) is 6.66. The minimum atomic E-state index is -0.614. The maximum Gasteiger partial charge on any atom is 0.226 e. The molecular weight excluding hydrogens is 280 g/mol. The van der Waals surface area contributed by atoms with Crippen molar-refractivity contribution in [1.29, 1.82) is 0 Å². The van der Waals surface area contributed by atoms with Crippen LogP contribution < -0.4 is 22.6 Å². The molecule has 3 N–H and O–H groups in total. The van der Waals surface area contributed by atoms with E-state index in [1.165, 1.54) is 10.6 Å². The fraction of sp³-hybridized carbons (Fsp3) is 0.500. The number of carbonyl (C=O) groups excluding carboxylic acids is 1. The molecule has 0 spiro atoms. The molecule has 1 fully saturated rings. The van der Waals surface area contributed by atoms with Crippen LogP contribution in [-0.2, 0) is 9.53 Å². The summed E-state index contributed by atoms with van der Waals surface area (Å²) in [5, 5.41) is 11.9. The van der Waals surface area contributed by atoms with Crippen LogP contribution in [0.25, 0.3) is 0 Å². The van der Waals surface area contributed by atoms with E-state index in [1.807, 2.05) is 24.3 Å². The van der Waals surface area contributed by atoms with Crippen molar-refractivity contribution >= 4 is 17.3 Å². The zero-order chi connectivity index (χ0) is 13.7. The van der Waals surface area contributed by atoms with Crippen LogP contribution in [0.2, 0.25) is 0 Å². The molecule has 112 valence electrons. The number of anilines is 1. The molecule has 1 saturated heterocycles. The average molecular weight is 301 g/mol. The second-order valence-corrected chi connectivity index (χ2v) is 4.89. The number of halogens is 1. The van der Waals surface area contributed by atoms with E-state index in [9.17, 15) is 4.79 Å². The number of rotatable bonds is 4. The number of carbonyl (C=O) groups is 1. The second kappa shape index (κ2) is 8.21. The first kappa shape index (κ1) is 16.9. The molecule has 1 aliphatic heterocycles. The SMILES string of the molecule is CC(O)CC(=O)Nc1ccc([NH+]2CCOCC2)cc1.[Cl-]. The molecule has 0 aliphatic carbocycles. The maximum absolute atomic E-state index is 11.5. The van der Waals surface area contributed by atoms with Crippen molar-refractivity contribution in [3.63, 3.8) is 0 Å². The van der Waals surface area contributed by atoms with Crippen molar-refractivity contribution in [2.45, 2.75) is 19.4 Å². The molecule has 1 atom stereocenters. The van der Waals surface area contributed by atoms with Crippen molar-refractivity contribution in [3.8, 4) is 0 Å². The Hall–Kier alpha value is -1.14. The van der Waals surface area contributed by atoms with E-state index in [0.717, 1.165) is 32.0 Å². The lowest BCUT2D eigenvalue weighted by atomic mass is 10.2. The van der Waals surface area contributed by atoms with E-state index in [4.69, 9.17) is 9.84 Å². The Kier molecular flexibility index (Phi) is 6.95. The van der Waals surface area contributed by atoms with Gasteiger partial charge in [-0.05, 0) is 19.1 Å². The van der Waals surface area contributed by atoms with E-state index < -0.39 is 6.10 Å². The highest BCUT2D eigenvalue weighted by molar-refractivity contribution is 5.91. The highest BCUT2D eigenvalue weighted by Gasteiger charge is 2.16. The number of aliphatic hydroxyl groups is 1. The predicted octanol–water partition coefficient (Wildman–Crippen LogP) is -3.05. The third-order valence-electron chi connectivity index (χ3n) is 3.15. The number of hydrogen-bond acceptors (Lipinski definition) is 3. The van der Waals surface area contributed by atoms with Gasteiger partial charge in [-0.1, -0.05) is 0 Å². The van der Waals surface area contributed by atoms with Gasteiger partial charge < -0.3 is 27.6 Å². The summed E-state index contributed by atoms with van der Waals surface area (Å²) < 4.78 is 5.33. The van der Waals surface area contributed by atoms with E-state index >= 15 is 0 Å². The lowest BCUT2D eigenvalue weighted by Gasteiger charge is -2.23. The topological polar surface area (TPSA) is 63.0 Å². The second-order valence-electron chi connectivity index (χ2n) is 4.89. The summed E-state index contributed by atoms with van der Waals surface area (Å²) in [4.78, 5) is 12.9. The van der Waals surface area contributed by atoms with Gasteiger partial charge in [0.15, 0.2) is 0 Å². The van der Waals surface area contributed by atoms with Gasteiger partial charge in [0.1, 0.15) is 18.8 Å². The fourth-order valence-electron chi connectivity index (χ4n) is 2.18. The number of quaternary nitrogens is 1. The molecule has 1 amide bonds. The smallest absolute Gasteiger partial charge is 0.226 e. The number of amides is 1. The molecule has 1 aromatic carbocycles. The van der Waals surface area contributed by atoms with Crippen LogP contribution in [0, 0.1) is 0 Å². The van der Waals surface area contributed by atoms with Crippen LogP contribution >= 0.6 is 0 Å². The van der Waals surface area contributed by atoms with Crippen molar-refractivity contribution in [2.75, 3.05) is 31.6 Å². The molecule has 20 heavy (non-hydrogen) atoms. The van der Waals surface area contributed by atoms with Gasteiger partial charge in [0.2, 0.25) is 5.91 Å². The van der Waals surface area contributed by atoms with E-state index in [1.54, 1.807) is 6.92 Å². The Bertz CT molecular complexity index is 417. The van der Waals surface area contributed by atoms with Crippen LogP contribution in [0.1, 0.15) is 13.3 Å². The summed E-state index contributed by atoms with van der Waals surface area (Å²) in [6.45, 7) is 5.15. The largest absolute Gasteiger partial charge is 1.00 e. The van der Waals surface area contributed by atoms with Crippen LogP contribution in [0.4, 0.5) is 11.4 Å². The molecule has 1 aliphatic rings. The van der Waals surface area contributed by atoms with Gasteiger partial charge in [-0.2, -0.15) is 0 Å². The van der Waals surface area contributed by atoms with Gasteiger partial charge in [0.05, 0.1) is 25.7 Å². The number of hydrogen-bond donors (Lipinski definition) is 3. The van der Waals surface area contributed by atoms with Crippen LogP contribution in [-0.4, -0.2) is 43.4 Å². The fourth-order valence-corrected chi connectivity index (χ4v) is 2.18. The van der Waals surface area contributed by atoms with E-state index in [-0.39, 0.29) is 24.7 Å². The monoisotopic (exact) mass is 300 g/mol. The first-order valence-corrected chi connectivity index (χ1v) is 6.66. The maximum atomic E-state index is 11.5. The molecule has 0 saturated carbocycles. The Morgan fingerprint density at radius 3 is 2.50 bits per heavy atom. The summed E-state index contributed by atoms with van der Waals surface area (Å²) in [5.41, 5.74) is 1.99. The zero-order valence-electron chi connectivity index (χ0n) is 11.6. The van der Waals surface area contributed by atoms with Crippen LogP contribution in [0.3, 0.4) is 0 Å². The summed E-state index contributed by atoms with van der Waals surface area (Å²) in [6.07, 6.45) is -0.492. The molecule has 0 bridgehead atoms. The summed E-state index contributed by atoms with van der Waals surface area (Å²) in [6, 6.07) is 7.85. The molecule has 1 heterocycles. The molecule has 1 unspecified atom stereocenters. The number of nitrogens with one attached hydrogen (secondary N) is 2. The quantitative estimate of drug-likeness (QED) is 0.554. The Morgan fingerprint density at radius 1 is 1.35 bits per heavy atom. The lowest BCUT2D eigenvalue weighted by Crippen LogP contribution is -3.09. The van der Waals surface area contributed by atoms with Crippen molar-refractivity contribution in [2.24, 2.45) is 0 Å². The molecule has 0 radical (unpaired) electrons. The van der Waals surface area contributed by atoms with Crippen molar-refractivity contribution in [1.82, 2.24) is 0 Å². The lowest BCUT2D eigenvalue weighted by molar-refractivity contribution is -0.842. The molecule has 6 heteroatoms. The average Bonchev–Trinajstić information content (AvgIpc) is 2.39. The minimum absolute atomic E-state index is 0. The highest BCUT2D eigenvalue weighted by atomic mass is 35.5. The zero-order valence-corrected chi connectivity index (χ0v) is 12.3. The summed E-state index contributed by atoms with van der Waals surface area (Å²) in [7, 11) is 0. The Balaban J connectivity index is 0.00000200. The van der Waals surface area contributed by atoms with Crippen LogP contribution in [0.5, 0.6) is 0 Å². The van der Waals surface area contributed by atoms with Crippen molar-refractivity contribution in [3.05, 3.63) is 24.3 Å². The Labute approximate surface area is 125 Å². The third kappa shape index (κ3) is 5.09. The standard InChI is InChI=1S/C14H20N2O3.ClH/c1-11(17)10-14(18)15-12-2-4-13(5-3-12)16-6-8-19-9-7-16;/h2-5,11,17H,6-10H2,1H3,(H,15,18);1H. The number of benzene rings is 1. The van der Waals surface area contributed by atoms with E-state index in [0.29, 0.717) is 0 Å². The summed E-state index contributed by atoms with van der Waals surface area (Å²) in [5.74, 6) is -0.165. The van der Waals surface area contributed by atoms with Gasteiger partial charge in [0, 0.05) is 17.8 Å². The molecular formula is C14H21ClN2O3. The van der Waals surface area contributed by atoms with Gasteiger partial charge >= 0.3 is 0 Å². The molecule has 1 aromatic rings. The highest BCUT2D eigenvalue weighted by Crippen LogP contribution is 2.11. The van der Waals surface area contributed by atoms with Gasteiger partial charge in [-0.25, -0.2) is 0 Å². The minimum Gasteiger partial charge on any atom is -1.00 e. The number of ether oxygens (including phenoxy) is 1. The predicted molar refractivity (Wildman–Crippen MR) is 72.5 cm³/mol. The number of aliphatic hydroxyl groups excluding tert-OH is 1. The summed E-state index contributed by atoms with van der Waals surface area (Å²) >= 11 is 0. The molecule has 2 rings (SSSR count). The van der Waals surface area contributed by atoms with Crippen LogP contribution in [0.15, 0.2) is 24.3 Å². The normalized spacial score (nSPS) is 17.1. The van der Waals surface area contributed by atoms with E-state index in [2.05, 4.69) is 5.32 Å². The first-order chi connectivity index (χ1) is 9.15. The van der Waals surface area contributed by atoms with Crippen molar-refractivity contribution < 1.29 is 31.9 Å².